The Labute approximate surface area is 180 Å². The van der Waals surface area contributed by atoms with Gasteiger partial charge in [0, 0.05) is 36.9 Å². The van der Waals surface area contributed by atoms with Gasteiger partial charge in [0.15, 0.2) is 5.65 Å². The maximum atomic E-state index is 12.8. The Hall–Kier alpha value is -3.62. The van der Waals surface area contributed by atoms with E-state index in [0.717, 1.165) is 18.0 Å². The number of likely N-dealkylation sites (tertiary alicyclic amines) is 1. The van der Waals surface area contributed by atoms with Crippen molar-refractivity contribution in [3.63, 3.8) is 0 Å². The van der Waals surface area contributed by atoms with Crippen molar-refractivity contribution in [2.75, 3.05) is 25.5 Å². The maximum Gasteiger partial charge on any atom is 0.317 e. The van der Waals surface area contributed by atoms with Crippen LogP contribution in [0.25, 0.3) is 5.65 Å². The Kier molecular flexibility index (Phi) is 5.75. The summed E-state index contributed by atoms with van der Waals surface area (Å²) in [5, 5.41) is 14.4. The highest BCUT2D eigenvalue weighted by Gasteiger charge is 2.30. The number of nitrogens with one attached hydrogen (secondary N) is 2. The van der Waals surface area contributed by atoms with Gasteiger partial charge in [-0.2, -0.15) is 0 Å². The molecule has 2 aromatic heterocycles. The van der Waals surface area contributed by atoms with Gasteiger partial charge in [0.2, 0.25) is 0 Å². The van der Waals surface area contributed by atoms with Crippen molar-refractivity contribution >= 4 is 23.3 Å². The first-order valence-corrected chi connectivity index (χ1v) is 10.3. The predicted molar refractivity (Wildman–Crippen MR) is 117 cm³/mol. The van der Waals surface area contributed by atoms with Gasteiger partial charge >= 0.3 is 6.03 Å². The van der Waals surface area contributed by atoms with Gasteiger partial charge in [-0.25, -0.2) is 4.79 Å². The second kappa shape index (κ2) is 8.63. The Morgan fingerprint density at radius 2 is 1.90 bits per heavy atom. The molecule has 0 saturated carbocycles. The summed E-state index contributed by atoms with van der Waals surface area (Å²) in [6.45, 7) is 5.11. The summed E-state index contributed by atoms with van der Waals surface area (Å²) in [5.74, 6) is 1.32. The number of hydrogen-bond donors (Lipinski definition) is 2. The molecule has 1 saturated heterocycles. The molecule has 1 aliphatic heterocycles. The van der Waals surface area contributed by atoms with Gasteiger partial charge in [-0.1, -0.05) is 0 Å². The summed E-state index contributed by atoms with van der Waals surface area (Å²) in [7, 11) is 1.60. The van der Waals surface area contributed by atoms with Crippen molar-refractivity contribution in [2.24, 2.45) is 0 Å². The van der Waals surface area contributed by atoms with Gasteiger partial charge < -0.3 is 20.3 Å². The zero-order chi connectivity index (χ0) is 22.0. The van der Waals surface area contributed by atoms with Crippen molar-refractivity contribution in [1.82, 2.24) is 24.8 Å². The van der Waals surface area contributed by atoms with Crippen LogP contribution in [0.5, 0.6) is 5.75 Å². The molecule has 3 amide bonds. The predicted octanol–water partition coefficient (Wildman–Crippen LogP) is 2.90. The van der Waals surface area contributed by atoms with Crippen molar-refractivity contribution in [3.8, 4) is 5.75 Å². The standard InChI is InChI=1S/C22H26N6O3/c1-14(2)23-22(30)27-11-10-15(12-27)20-26-25-19-9-4-16(13-28(19)20)21(29)24-17-5-7-18(31-3)8-6-17/h4-9,13-15H,10-12H2,1-3H3,(H,23,30)(H,24,29)/t15-/m0/s1. The number of anilines is 1. The second-order valence-electron chi connectivity index (χ2n) is 7.92. The van der Waals surface area contributed by atoms with Crippen molar-refractivity contribution in [3.05, 3.63) is 54.0 Å². The van der Waals surface area contributed by atoms with Gasteiger partial charge in [0.05, 0.1) is 12.7 Å². The van der Waals surface area contributed by atoms with Crippen molar-refractivity contribution < 1.29 is 14.3 Å². The number of pyridine rings is 1. The Morgan fingerprint density at radius 3 is 2.61 bits per heavy atom. The summed E-state index contributed by atoms with van der Waals surface area (Å²) < 4.78 is 6.99. The number of nitrogens with zero attached hydrogens (tertiary/aromatic N) is 4. The van der Waals surface area contributed by atoms with Gasteiger partial charge in [-0.05, 0) is 56.7 Å². The van der Waals surface area contributed by atoms with Crippen LogP contribution in [0.15, 0.2) is 42.6 Å². The molecule has 0 unspecified atom stereocenters. The lowest BCUT2D eigenvalue weighted by Gasteiger charge is -2.18. The molecule has 3 heterocycles. The molecule has 0 bridgehead atoms. The molecular formula is C22H26N6O3. The molecule has 1 aliphatic rings. The maximum absolute atomic E-state index is 12.8. The zero-order valence-corrected chi connectivity index (χ0v) is 17.8. The first-order chi connectivity index (χ1) is 14.9. The fourth-order valence-corrected chi connectivity index (χ4v) is 3.69. The van der Waals surface area contributed by atoms with E-state index < -0.39 is 0 Å². The number of benzene rings is 1. The molecule has 1 aromatic carbocycles. The molecule has 9 nitrogen and oxygen atoms in total. The van der Waals surface area contributed by atoms with Crippen LogP contribution in [0.1, 0.15) is 42.4 Å². The van der Waals surface area contributed by atoms with Crippen LogP contribution in [0.3, 0.4) is 0 Å². The van der Waals surface area contributed by atoms with Gasteiger partial charge in [0.1, 0.15) is 11.6 Å². The van der Waals surface area contributed by atoms with E-state index in [9.17, 15) is 9.59 Å². The molecule has 3 aromatic rings. The zero-order valence-electron chi connectivity index (χ0n) is 17.8. The summed E-state index contributed by atoms with van der Waals surface area (Å²) >= 11 is 0. The second-order valence-corrected chi connectivity index (χ2v) is 7.92. The number of fused-ring (bicyclic) bond motifs is 1. The minimum atomic E-state index is -0.226. The highest BCUT2D eigenvalue weighted by molar-refractivity contribution is 6.04. The van der Waals surface area contributed by atoms with Crippen molar-refractivity contribution in [2.45, 2.75) is 32.2 Å². The molecule has 0 aliphatic carbocycles. The number of aromatic nitrogens is 3. The fraction of sp³-hybridized carbons (Fsp3) is 0.364. The van der Waals surface area contributed by atoms with E-state index >= 15 is 0 Å². The minimum absolute atomic E-state index is 0.0628. The van der Waals surface area contributed by atoms with Crippen LogP contribution in [0, 0.1) is 0 Å². The van der Waals surface area contributed by atoms with Crippen LogP contribution in [0.4, 0.5) is 10.5 Å². The van der Waals surface area contributed by atoms with E-state index in [-0.39, 0.29) is 23.9 Å². The molecule has 9 heteroatoms. The van der Waals surface area contributed by atoms with Crippen LogP contribution in [-0.4, -0.2) is 57.7 Å². The molecular weight excluding hydrogens is 396 g/mol. The third kappa shape index (κ3) is 4.45. The third-order valence-electron chi connectivity index (χ3n) is 5.29. The van der Waals surface area contributed by atoms with E-state index in [1.807, 2.05) is 18.2 Å². The van der Waals surface area contributed by atoms with E-state index in [0.29, 0.717) is 30.0 Å². The summed E-state index contributed by atoms with van der Waals surface area (Å²) in [6, 6.07) is 10.7. The number of amides is 3. The lowest BCUT2D eigenvalue weighted by atomic mass is 10.1. The number of carbonyl (C=O) groups is 2. The molecule has 31 heavy (non-hydrogen) atoms. The Balaban J connectivity index is 1.51. The summed E-state index contributed by atoms with van der Waals surface area (Å²) in [4.78, 5) is 26.9. The number of methoxy groups -OCH3 is 1. The summed E-state index contributed by atoms with van der Waals surface area (Å²) in [6.07, 6.45) is 2.55. The smallest absolute Gasteiger partial charge is 0.317 e. The molecule has 4 rings (SSSR count). The average Bonchev–Trinajstić information content (AvgIpc) is 3.40. The minimum Gasteiger partial charge on any atom is -0.497 e. The van der Waals surface area contributed by atoms with Crippen LogP contribution >= 0.6 is 0 Å². The third-order valence-corrected chi connectivity index (χ3v) is 5.29. The summed E-state index contributed by atoms with van der Waals surface area (Å²) in [5.41, 5.74) is 1.84. The molecule has 2 N–H and O–H groups in total. The number of urea groups is 1. The SMILES string of the molecule is COc1ccc(NC(=O)c2ccc3nnc([C@H]4CCN(C(=O)NC(C)C)C4)n3c2)cc1. The first kappa shape index (κ1) is 20.6. The molecule has 0 radical (unpaired) electrons. The fourth-order valence-electron chi connectivity index (χ4n) is 3.69. The average molecular weight is 422 g/mol. The van der Waals surface area contributed by atoms with E-state index in [4.69, 9.17) is 4.74 Å². The van der Waals surface area contributed by atoms with Crippen LogP contribution in [-0.2, 0) is 0 Å². The van der Waals surface area contributed by atoms with E-state index in [2.05, 4.69) is 20.8 Å². The highest BCUT2D eigenvalue weighted by Crippen LogP contribution is 2.27. The monoisotopic (exact) mass is 422 g/mol. The molecule has 0 spiro atoms. The van der Waals surface area contributed by atoms with Crippen LogP contribution < -0.4 is 15.4 Å². The normalized spacial score (nSPS) is 16.0. The van der Waals surface area contributed by atoms with Gasteiger partial charge in [0.25, 0.3) is 5.91 Å². The van der Waals surface area contributed by atoms with Crippen molar-refractivity contribution in [1.29, 1.82) is 0 Å². The lowest BCUT2D eigenvalue weighted by molar-refractivity contribution is 0.102. The van der Waals surface area contributed by atoms with E-state index in [1.165, 1.54) is 0 Å². The highest BCUT2D eigenvalue weighted by atomic mass is 16.5. The quantitative estimate of drug-likeness (QED) is 0.658. The Bertz CT molecular complexity index is 1090. The Morgan fingerprint density at radius 1 is 1.13 bits per heavy atom. The number of hydrogen-bond acceptors (Lipinski definition) is 5. The number of ether oxygens (including phenoxy) is 1. The lowest BCUT2D eigenvalue weighted by Crippen LogP contribution is -2.41. The van der Waals surface area contributed by atoms with E-state index in [1.54, 1.807) is 54.6 Å². The molecule has 1 atom stereocenters. The van der Waals surface area contributed by atoms with Crippen LogP contribution in [0.2, 0.25) is 0 Å². The van der Waals surface area contributed by atoms with Gasteiger partial charge in [-0.15, -0.1) is 10.2 Å². The first-order valence-electron chi connectivity index (χ1n) is 10.3. The number of carbonyl (C=O) groups excluding carboxylic acids is 2. The molecule has 162 valence electrons. The van der Waals surface area contributed by atoms with Gasteiger partial charge in [-0.3, -0.25) is 9.20 Å². The topological polar surface area (TPSA) is 101 Å². The number of rotatable bonds is 5. The largest absolute Gasteiger partial charge is 0.497 e. The molecule has 1 fully saturated rings.